The van der Waals surface area contributed by atoms with Gasteiger partial charge in [-0.15, -0.1) is 10.2 Å². The highest BCUT2D eigenvalue weighted by Crippen LogP contribution is 2.28. The van der Waals surface area contributed by atoms with E-state index in [0.29, 0.717) is 22.3 Å². The number of hydrogen-bond acceptors (Lipinski definition) is 6. The Hall–Kier alpha value is -2.80. The van der Waals surface area contributed by atoms with Crippen molar-refractivity contribution in [3.05, 3.63) is 54.1 Å². The minimum Gasteiger partial charge on any atom is -0.504 e. The molecule has 0 fully saturated rings. The molecule has 7 heteroatoms. The molecule has 0 aliphatic rings. The average molecular weight is 340 g/mol. The van der Waals surface area contributed by atoms with Gasteiger partial charge in [-0.3, -0.25) is 0 Å². The van der Waals surface area contributed by atoms with E-state index in [0.717, 1.165) is 5.56 Å². The third-order valence-corrected chi connectivity index (χ3v) is 4.01. The van der Waals surface area contributed by atoms with E-state index in [1.807, 2.05) is 36.6 Å². The second-order valence-electron chi connectivity index (χ2n) is 4.83. The first-order valence-electron chi connectivity index (χ1n) is 7.19. The van der Waals surface area contributed by atoms with Gasteiger partial charge >= 0.3 is 0 Å². The van der Waals surface area contributed by atoms with E-state index < -0.39 is 0 Å². The molecule has 6 nitrogen and oxygen atoms in total. The van der Waals surface area contributed by atoms with Crippen molar-refractivity contribution in [1.82, 2.24) is 14.9 Å². The Kier molecular flexibility index (Phi) is 4.81. The van der Waals surface area contributed by atoms with Gasteiger partial charge in [-0.1, -0.05) is 48.2 Å². The van der Waals surface area contributed by atoms with E-state index in [1.54, 1.807) is 29.1 Å². The maximum Gasteiger partial charge on any atom is 0.212 e. The van der Waals surface area contributed by atoms with E-state index in [9.17, 15) is 5.11 Å². The van der Waals surface area contributed by atoms with E-state index in [-0.39, 0.29) is 5.75 Å². The van der Waals surface area contributed by atoms with Crippen LogP contribution in [0.5, 0.6) is 11.5 Å². The maximum atomic E-state index is 10.2. The predicted octanol–water partition coefficient (Wildman–Crippen LogP) is 3.26. The van der Waals surface area contributed by atoms with Crippen molar-refractivity contribution in [1.29, 1.82) is 0 Å². The summed E-state index contributed by atoms with van der Waals surface area (Å²) < 4.78 is 6.77. The summed E-state index contributed by atoms with van der Waals surface area (Å²) in [6, 6.07) is 14.9. The summed E-state index contributed by atoms with van der Waals surface area (Å²) in [7, 11) is 1.51. The lowest BCUT2D eigenvalue weighted by atomic mass is 10.2. The van der Waals surface area contributed by atoms with Crippen LogP contribution in [-0.2, 0) is 0 Å². The highest BCUT2D eigenvalue weighted by atomic mass is 32.2. The summed E-state index contributed by atoms with van der Waals surface area (Å²) in [4.78, 5) is 0. The van der Waals surface area contributed by atoms with Crippen molar-refractivity contribution in [2.45, 2.75) is 5.16 Å². The molecule has 0 aliphatic heterocycles. The van der Waals surface area contributed by atoms with Crippen molar-refractivity contribution < 1.29 is 9.84 Å². The molecule has 0 radical (unpaired) electrons. The number of thioether (sulfide) groups is 1. The van der Waals surface area contributed by atoms with Gasteiger partial charge in [-0.2, -0.15) is 9.78 Å². The second-order valence-corrected chi connectivity index (χ2v) is 5.60. The van der Waals surface area contributed by atoms with Gasteiger partial charge in [0.2, 0.25) is 5.16 Å². The third-order valence-electron chi connectivity index (χ3n) is 3.39. The van der Waals surface area contributed by atoms with Gasteiger partial charge in [-0.25, -0.2) is 0 Å². The van der Waals surface area contributed by atoms with Crippen LogP contribution in [-0.4, -0.2) is 39.6 Å². The Labute approximate surface area is 143 Å². The van der Waals surface area contributed by atoms with Crippen LogP contribution in [0.1, 0.15) is 5.56 Å². The number of methoxy groups -OCH3 is 1. The van der Waals surface area contributed by atoms with Crippen LogP contribution in [0.3, 0.4) is 0 Å². The molecule has 3 aromatic rings. The standard InChI is InChI=1S/C17H16N4O2S/c1-23-14-10-6-9-13(15(14)22)11-18-21-16(19-20-17(21)24-2)12-7-4-3-5-8-12/h3-11,22H,1-2H3/b18-11-. The fourth-order valence-corrected chi connectivity index (χ4v) is 2.62. The van der Waals surface area contributed by atoms with Crippen LogP contribution in [0.15, 0.2) is 58.8 Å². The Balaban J connectivity index is 2.02. The molecule has 3 rings (SSSR count). The summed E-state index contributed by atoms with van der Waals surface area (Å²) in [5.74, 6) is 1.08. The Morgan fingerprint density at radius 2 is 1.92 bits per heavy atom. The molecule has 0 aliphatic carbocycles. The maximum absolute atomic E-state index is 10.2. The SMILES string of the molecule is COc1cccc(/C=N\n2c(SC)nnc2-c2ccccc2)c1O. The molecule has 0 saturated heterocycles. The average Bonchev–Trinajstić information content (AvgIpc) is 3.04. The predicted molar refractivity (Wildman–Crippen MR) is 94.9 cm³/mol. The number of aromatic nitrogens is 3. The van der Waals surface area contributed by atoms with Gasteiger partial charge in [0.1, 0.15) is 0 Å². The first-order valence-corrected chi connectivity index (χ1v) is 8.42. The molecule has 0 spiro atoms. The first-order chi connectivity index (χ1) is 11.7. The van der Waals surface area contributed by atoms with Crippen molar-refractivity contribution in [2.24, 2.45) is 5.10 Å². The molecular weight excluding hydrogens is 324 g/mol. The topological polar surface area (TPSA) is 72.5 Å². The molecule has 0 saturated carbocycles. The van der Waals surface area contributed by atoms with Crippen LogP contribution in [0.2, 0.25) is 0 Å². The quantitative estimate of drug-likeness (QED) is 0.570. The van der Waals surface area contributed by atoms with Crippen LogP contribution in [0.25, 0.3) is 11.4 Å². The third kappa shape index (κ3) is 3.11. The highest BCUT2D eigenvalue weighted by molar-refractivity contribution is 7.98. The lowest BCUT2D eigenvalue weighted by Gasteiger charge is -2.06. The summed E-state index contributed by atoms with van der Waals surface area (Å²) in [5.41, 5.74) is 1.46. The normalized spacial score (nSPS) is 11.1. The first kappa shape index (κ1) is 16.1. The zero-order valence-electron chi connectivity index (χ0n) is 13.2. The monoisotopic (exact) mass is 340 g/mol. The molecule has 0 atom stereocenters. The minimum absolute atomic E-state index is 0.0452. The van der Waals surface area contributed by atoms with Crippen molar-refractivity contribution in [3.8, 4) is 22.9 Å². The summed E-state index contributed by atoms with van der Waals surface area (Å²) in [5, 5.41) is 23.6. The van der Waals surface area contributed by atoms with E-state index in [2.05, 4.69) is 15.3 Å². The summed E-state index contributed by atoms with van der Waals surface area (Å²) in [6.07, 6.45) is 3.47. The summed E-state index contributed by atoms with van der Waals surface area (Å²) in [6.45, 7) is 0. The fraction of sp³-hybridized carbons (Fsp3) is 0.118. The zero-order valence-corrected chi connectivity index (χ0v) is 14.1. The number of ether oxygens (including phenoxy) is 1. The van der Waals surface area contributed by atoms with Gasteiger partial charge in [0.25, 0.3) is 0 Å². The van der Waals surface area contributed by atoms with Gasteiger partial charge < -0.3 is 9.84 Å². The van der Waals surface area contributed by atoms with E-state index >= 15 is 0 Å². The lowest BCUT2D eigenvalue weighted by Crippen LogP contribution is -1.97. The highest BCUT2D eigenvalue weighted by Gasteiger charge is 2.13. The smallest absolute Gasteiger partial charge is 0.212 e. The molecule has 1 N–H and O–H groups in total. The molecule has 1 heterocycles. The van der Waals surface area contributed by atoms with Crippen molar-refractivity contribution >= 4 is 18.0 Å². The van der Waals surface area contributed by atoms with Crippen LogP contribution >= 0.6 is 11.8 Å². The number of aromatic hydroxyl groups is 1. The number of phenolic OH excluding ortho intramolecular Hbond substituents is 1. The molecule has 0 unspecified atom stereocenters. The number of benzene rings is 2. The van der Waals surface area contributed by atoms with E-state index in [1.165, 1.54) is 18.9 Å². The zero-order chi connectivity index (χ0) is 16.9. The van der Waals surface area contributed by atoms with E-state index in [4.69, 9.17) is 4.74 Å². The second kappa shape index (κ2) is 7.18. The van der Waals surface area contributed by atoms with Crippen LogP contribution in [0, 0.1) is 0 Å². The molecule has 1 aromatic heterocycles. The van der Waals surface area contributed by atoms with Crippen LogP contribution < -0.4 is 4.74 Å². The fourth-order valence-electron chi connectivity index (χ4n) is 2.19. The molecule has 0 amide bonds. The Morgan fingerprint density at radius 1 is 1.12 bits per heavy atom. The molecule has 24 heavy (non-hydrogen) atoms. The van der Waals surface area contributed by atoms with Gasteiger partial charge in [0.15, 0.2) is 17.3 Å². The number of hydrogen-bond donors (Lipinski definition) is 1. The Morgan fingerprint density at radius 3 is 2.62 bits per heavy atom. The largest absolute Gasteiger partial charge is 0.504 e. The number of phenols is 1. The molecule has 2 aromatic carbocycles. The minimum atomic E-state index is 0.0452. The van der Waals surface area contributed by atoms with Gasteiger partial charge in [0, 0.05) is 11.1 Å². The molecular formula is C17H16N4O2S. The van der Waals surface area contributed by atoms with Crippen molar-refractivity contribution in [3.63, 3.8) is 0 Å². The molecule has 122 valence electrons. The van der Waals surface area contributed by atoms with Gasteiger partial charge in [-0.05, 0) is 18.4 Å². The molecule has 0 bridgehead atoms. The number of nitrogens with zero attached hydrogens (tertiary/aromatic N) is 4. The Bertz CT molecular complexity index is 862. The van der Waals surface area contributed by atoms with Gasteiger partial charge in [0.05, 0.1) is 13.3 Å². The number of rotatable bonds is 5. The number of para-hydroxylation sites is 1. The summed E-state index contributed by atoms with van der Waals surface area (Å²) >= 11 is 1.45. The van der Waals surface area contributed by atoms with Crippen LogP contribution in [0.4, 0.5) is 0 Å². The van der Waals surface area contributed by atoms with Crippen molar-refractivity contribution in [2.75, 3.05) is 13.4 Å². The lowest BCUT2D eigenvalue weighted by molar-refractivity contribution is 0.373.